The molecule has 0 fully saturated rings. The van der Waals surface area contributed by atoms with Crippen molar-refractivity contribution in [1.29, 1.82) is 0 Å². The highest BCUT2D eigenvalue weighted by Gasteiger charge is 2.17. The van der Waals surface area contributed by atoms with E-state index in [-0.39, 0.29) is 7.12 Å². The molecule has 0 saturated carbocycles. The Labute approximate surface area is 85.1 Å². The second-order valence-electron chi connectivity index (χ2n) is 2.81. The fourth-order valence-corrected chi connectivity index (χ4v) is 1.26. The minimum atomic E-state index is -0.300. The maximum Gasteiger partial charge on any atom is 0.493 e. The van der Waals surface area contributed by atoms with Crippen LogP contribution in [0.5, 0.6) is 5.75 Å². The summed E-state index contributed by atoms with van der Waals surface area (Å²) in [5, 5.41) is 0. The third kappa shape index (κ3) is 2.75. The van der Waals surface area contributed by atoms with Crippen LogP contribution in [0.25, 0.3) is 0 Å². The highest BCUT2D eigenvalue weighted by Crippen LogP contribution is 2.07. The van der Waals surface area contributed by atoms with Crippen molar-refractivity contribution in [2.45, 2.75) is 6.92 Å². The lowest BCUT2D eigenvalue weighted by atomic mass is 9.79. The van der Waals surface area contributed by atoms with E-state index in [4.69, 9.17) is 14.0 Å². The Hall–Kier alpha value is -0.995. The van der Waals surface area contributed by atoms with Gasteiger partial charge in [-0.2, -0.15) is 0 Å². The SMILES string of the molecule is CCOc1ccc(B(OC)OC)cc1. The topological polar surface area (TPSA) is 27.7 Å². The maximum atomic E-state index is 5.33. The van der Waals surface area contributed by atoms with Crippen LogP contribution in [0.2, 0.25) is 0 Å². The number of ether oxygens (including phenoxy) is 1. The zero-order valence-corrected chi connectivity index (χ0v) is 8.82. The number of hydrogen-bond donors (Lipinski definition) is 0. The molecule has 0 amide bonds. The van der Waals surface area contributed by atoms with Gasteiger partial charge >= 0.3 is 7.12 Å². The smallest absolute Gasteiger partial charge is 0.493 e. The Morgan fingerprint density at radius 3 is 2.07 bits per heavy atom. The molecule has 76 valence electrons. The highest BCUT2D eigenvalue weighted by molar-refractivity contribution is 6.61. The molecule has 0 atom stereocenters. The Morgan fingerprint density at radius 1 is 1.07 bits per heavy atom. The van der Waals surface area contributed by atoms with Gasteiger partial charge < -0.3 is 14.0 Å². The normalized spacial score (nSPS) is 9.93. The molecule has 0 aliphatic heterocycles. The molecule has 1 aromatic rings. The minimum absolute atomic E-state index is 0.300. The summed E-state index contributed by atoms with van der Waals surface area (Å²) in [7, 11) is 2.93. The molecule has 4 heteroatoms. The van der Waals surface area contributed by atoms with E-state index in [2.05, 4.69) is 0 Å². The van der Waals surface area contributed by atoms with Crippen molar-refractivity contribution in [3.05, 3.63) is 24.3 Å². The predicted molar refractivity (Wildman–Crippen MR) is 57.0 cm³/mol. The summed E-state index contributed by atoms with van der Waals surface area (Å²) in [5.41, 5.74) is 0.985. The third-order valence-electron chi connectivity index (χ3n) is 1.89. The maximum absolute atomic E-state index is 5.33. The van der Waals surface area contributed by atoms with Crippen LogP contribution in [0.15, 0.2) is 24.3 Å². The van der Waals surface area contributed by atoms with Crippen LogP contribution in [0.3, 0.4) is 0 Å². The fraction of sp³-hybridized carbons (Fsp3) is 0.400. The number of hydrogen-bond acceptors (Lipinski definition) is 3. The summed E-state index contributed by atoms with van der Waals surface area (Å²) >= 11 is 0. The highest BCUT2D eigenvalue weighted by atomic mass is 16.6. The van der Waals surface area contributed by atoms with Crippen LogP contribution < -0.4 is 10.2 Å². The molecule has 0 radical (unpaired) electrons. The van der Waals surface area contributed by atoms with Crippen molar-refractivity contribution in [2.75, 3.05) is 20.8 Å². The minimum Gasteiger partial charge on any atom is -0.494 e. The first-order valence-electron chi connectivity index (χ1n) is 4.60. The van der Waals surface area contributed by atoms with Crippen LogP contribution in [-0.2, 0) is 9.31 Å². The molecule has 0 heterocycles. The van der Waals surface area contributed by atoms with Gasteiger partial charge in [0.1, 0.15) is 5.75 Å². The standard InChI is InChI=1S/C10H15BO3/c1-4-14-10-7-5-9(6-8-10)11(12-2)13-3/h5-8H,4H2,1-3H3. The zero-order chi connectivity index (χ0) is 10.4. The lowest BCUT2D eigenvalue weighted by Gasteiger charge is -2.09. The Morgan fingerprint density at radius 2 is 1.64 bits per heavy atom. The van der Waals surface area contributed by atoms with Gasteiger partial charge in [-0.1, -0.05) is 12.1 Å². The van der Waals surface area contributed by atoms with Gasteiger partial charge in [0, 0.05) is 14.2 Å². The molecular formula is C10H15BO3. The first kappa shape index (κ1) is 11.1. The average molecular weight is 194 g/mol. The molecule has 1 aromatic carbocycles. The van der Waals surface area contributed by atoms with Crippen LogP contribution in [0.4, 0.5) is 0 Å². The van der Waals surface area contributed by atoms with Crippen LogP contribution in [0, 0.1) is 0 Å². The van der Waals surface area contributed by atoms with E-state index in [9.17, 15) is 0 Å². The van der Waals surface area contributed by atoms with Gasteiger partial charge in [-0.15, -0.1) is 0 Å². The van der Waals surface area contributed by atoms with E-state index in [1.54, 1.807) is 14.2 Å². The molecule has 0 aromatic heterocycles. The van der Waals surface area contributed by atoms with Crippen molar-refractivity contribution in [2.24, 2.45) is 0 Å². The molecule has 0 bridgehead atoms. The van der Waals surface area contributed by atoms with Crippen molar-refractivity contribution in [1.82, 2.24) is 0 Å². The third-order valence-corrected chi connectivity index (χ3v) is 1.89. The molecule has 0 spiro atoms. The Kier molecular flexibility index (Phi) is 4.49. The molecular weight excluding hydrogens is 179 g/mol. The van der Waals surface area contributed by atoms with E-state index >= 15 is 0 Å². The molecule has 0 aliphatic rings. The van der Waals surface area contributed by atoms with Gasteiger partial charge in [-0.25, -0.2) is 0 Å². The molecule has 0 N–H and O–H groups in total. The summed E-state index contributed by atoms with van der Waals surface area (Å²) in [6, 6.07) is 7.68. The molecule has 14 heavy (non-hydrogen) atoms. The van der Waals surface area contributed by atoms with Gasteiger partial charge in [0.2, 0.25) is 0 Å². The van der Waals surface area contributed by atoms with Crippen LogP contribution in [0.1, 0.15) is 6.92 Å². The monoisotopic (exact) mass is 194 g/mol. The second kappa shape index (κ2) is 5.68. The van der Waals surface area contributed by atoms with E-state index in [1.165, 1.54) is 0 Å². The van der Waals surface area contributed by atoms with Crippen LogP contribution >= 0.6 is 0 Å². The molecule has 1 rings (SSSR count). The molecule has 3 nitrogen and oxygen atoms in total. The van der Waals surface area contributed by atoms with Crippen molar-refractivity contribution < 1.29 is 14.0 Å². The quantitative estimate of drug-likeness (QED) is 0.656. The molecule has 0 aliphatic carbocycles. The van der Waals surface area contributed by atoms with Gasteiger partial charge in [0.15, 0.2) is 0 Å². The fourth-order valence-electron chi connectivity index (χ4n) is 1.26. The summed E-state index contributed by atoms with van der Waals surface area (Å²) in [6.45, 7) is 2.64. The van der Waals surface area contributed by atoms with E-state index < -0.39 is 0 Å². The van der Waals surface area contributed by atoms with Crippen molar-refractivity contribution in [3.63, 3.8) is 0 Å². The van der Waals surface area contributed by atoms with Crippen LogP contribution in [-0.4, -0.2) is 27.9 Å². The van der Waals surface area contributed by atoms with Gasteiger partial charge in [-0.05, 0) is 24.5 Å². The summed E-state index contributed by atoms with van der Waals surface area (Å²) in [4.78, 5) is 0. The zero-order valence-electron chi connectivity index (χ0n) is 8.82. The van der Waals surface area contributed by atoms with Crippen molar-refractivity contribution >= 4 is 12.6 Å². The Balaban J connectivity index is 2.71. The van der Waals surface area contributed by atoms with Gasteiger partial charge in [-0.3, -0.25) is 0 Å². The second-order valence-corrected chi connectivity index (χ2v) is 2.81. The summed E-state index contributed by atoms with van der Waals surface area (Å²) in [6.07, 6.45) is 0. The largest absolute Gasteiger partial charge is 0.494 e. The van der Waals surface area contributed by atoms with Gasteiger partial charge in [0.05, 0.1) is 6.61 Å². The first-order valence-corrected chi connectivity index (χ1v) is 4.60. The van der Waals surface area contributed by atoms with Crippen molar-refractivity contribution in [3.8, 4) is 5.75 Å². The molecule has 0 unspecified atom stereocenters. The average Bonchev–Trinajstić information content (AvgIpc) is 2.23. The molecule has 0 saturated heterocycles. The number of rotatable bonds is 5. The predicted octanol–water partition coefficient (Wildman–Crippen LogP) is 1.07. The summed E-state index contributed by atoms with van der Waals surface area (Å²) in [5.74, 6) is 0.863. The van der Waals surface area contributed by atoms with E-state index in [1.807, 2.05) is 31.2 Å². The first-order chi connectivity index (χ1) is 6.81. The Bertz CT molecular complexity index is 257. The van der Waals surface area contributed by atoms with Gasteiger partial charge in [0.25, 0.3) is 0 Å². The lowest BCUT2D eigenvalue weighted by Crippen LogP contribution is -2.34. The van der Waals surface area contributed by atoms with E-state index in [0.717, 1.165) is 11.2 Å². The summed E-state index contributed by atoms with van der Waals surface area (Å²) < 4.78 is 15.6. The van der Waals surface area contributed by atoms with E-state index in [0.29, 0.717) is 6.61 Å². The number of benzene rings is 1. The lowest BCUT2D eigenvalue weighted by molar-refractivity contribution is 0.292.